The molecule has 8 heteroatoms. The fourth-order valence-corrected chi connectivity index (χ4v) is 3.36. The van der Waals surface area contributed by atoms with Gasteiger partial charge in [0.25, 0.3) is 0 Å². The summed E-state index contributed by atoms with van der Waals surface area (Å²) in [6.45, 7) is 12.8. The van der Waals surface area contributed by atoms with Gasteiger partial charge in [-0.3, -0.25) is 14.5 Å². The van der Waals surface area contributed by atoms with E-state index in [1.54, 1.807) is 5.41 Å². The number of esters is 1. The van der Waals surface area contributed by atoms with Crippen LogP contribution in [0.2, 0.25) is 0 Å². The third kappa shape index (κ3) is 10.9. The van der Waals surface area contributed by atoms with E-state index in [1.807, 2.05) is 39.0 Å². The Morgan fingerprint density at radius 2 is 2.04 bits per heavy atom. The van der Waals surface area contributed by atoms with Crippen molar-refractivity contribution >= 4 is 33.6 Å². The number of nitrogens with one attached hydrogen (secondary N) is 1. The second-order valence-electron chi connectivity index (χ2n) is 5.19. The first kappa shape index (κ1) is 24.2. The molecule has 6 nitrogen and oxygen atoms in total. The lowest BCUT2D eigenvalue weighted by Crippen LogP contribution is -2.36. The fraction of sp³-hybridized carbons (Fsp3) is 0.444. The van der Waals surface area contributed by atoms with Crippen LogP contribution in [0.1, 0.15) is 27.2 Å². The summed E-state index contributed by atoms with van der Waals surface area (Å²) >= 11 is 1.37. The molecule has 0 saturated heterocycles. The molecule has 0 aromatic heterocycles. The minimum absolute atomic E-state index is 0.0732. The lowest BCUT2D eigenvalue weighted by molar-refractivity contribution is -0.142. The zero-order valence-electron chi connectivity index (χ0n) is 15.6. The molecule has 0 rings (SSSR count). The van der Waals surface area contributed by atoms with Gasteiger partial charge in [0.1, 0.15) is 12.4 Å². The Balaban J connectivity index is 4.78. The van der Waals surface area contributed by atoms with Gasteiger partial charge in [0.15, 0.2) is 0 Å². The molecule has 0 saturated carbocycles. The number of hydrogen-bond acceptors (Lipinski definition) is 6. The number of aliphatic imine (C=N–C) groups is 1. The largest absolute Gasteiger partial charge is 0.463 e. The molecular weight excluding hydrogens is 372 g/mol. The molecule has 0 fully saturated rings. The maximum Gasteiger partial charge on any atom is 0.310 e. The Hall–Kier alpha value is -1.80. The summed E-state index contributed by atoms with van der Waals surface area (Å²) in [5, 5.41) is 1.65. The highest BCUT2D eigenvalue weighted by Gasteiger charge is 2.15. The number of carbonyl (C=O) groups is 1. The maximum absolute atomic E-state index is 11.9. The standard InChI is InChI=1S/C18H28N2O4S2/c1-6-10-15(5)18(20-26(22,23)13-7-2)19-11-12-24-17(21)14-16(8-3)25-9-4/h6-10,15H,2,4,11-14H2,1,3,5H3,(H,19,20)/b10-6-,16-8-. The summed E-state index contributed by atoms with van der Waals surface area (Å²) in [5.41, 5.74) is 0. The molecule has 1 unspecified atom stereocenters. The van der Waals surface area contributed by atoms with Gasteiger partial charge in [-0.2, -0.15) is 0 Å². The van der Waals surface area contributed by atoms with Gasteiger partial charge in [-0.1, -0.05) is 37.8 Å². The number of carbonyl (C=O) groups excluding carboxylic acids is 1. The number of allylic oxidation sites excluding steroid dienone is 2. The Bertz CT molecular complexity index is 665. The van der Waals surface area contributed by atoms with Crippen molar-refractivity contribution in [1.82, 2.24) is 4.72 Å². The van der Waals surface area contributed by atoms with E-state index in [9.17, 15) is 13.2 Å². The minimum atomic E-state index is -3.53. The van der Waals surface area contributed by atoms with E-state index >= 15 is 0 Å². The predicted octanol–water partition coefficient (Wildman–Crippen LogP) is 3.42. The first-order valence-electron chi connectivity index (χ1n) is 8.16. The Labute approximate surface area is 161 Å². The zero-order chi connectivity index (χ0) is 20.0. The molecular formula is C18H28N2O4S2. The van der Waals surface area contributed by atoms with Gasteiger partial charge in [-0.25, -0.2) is 8.42 Å². The molecule has 0 aromatic rings. The van der Waals surface area contributed by atoms with Crippen molar-refractivity contribution in [2.24, 2.45) is 10.9 Å². The van der Waals surface area contributed by atoms with Crippen molar-refractivity contribution in [3.8, 4) is 0 Å². The van der Waals surface area contributed by atoms with E-state index < -0.39 is 10.0 Å². The van der Waals surface area contributed by atoms with Crippen LogP contribution in [0.4, 0.5) is 0 Å². The van der Waals surface area contributed by atoms with Crippen molar-refractivity contribution in [3.63, 3.8) is 0 Å². The summed E-state index contributed by atoms with van der Waals surface area (Å²) in [4.78, 5) is 16.9. The number of sulfonamides is 1. The molecule has 0 aliphatic carbocycles. The third-order valence-corrected chi connectivity index (χ3v) is 5.07. The maximum atomic E-state index is 11.9. The number of hydrogen-bond donors (Lipinski definition) is 1. The van der Waals surface area contributed by atoms with Crippen molar-refractivity contribution < 1.29 is 17.9 Å². The van der Waals surface area contributed by atoms with Gasteiger partial charge in [0.2, 0.25) is 10.0 Å². The van der Waals surface area contributed by atoms with E-state index in [0.29, 0.717) is 5.84 Å². The Kier molecular flexibility index (Phi) is 12.5. The first-order valence-corrected chi connectivity index (χ1v) is 10.7. The van der Waals surface area contributed by atoms with Crippen molar-refractivity contribution in [2.75, 3.05) is 18.9 Å². The Morgan fingerprint density at radius 3 is 2.58 bits per heavy atom. The molecule has 0 aromatic carbocycles. The molecule has 1 atom stereocenters. The summed E-state index contributed by atoms with van der Waals surface area (Å²) in [6, 6.07) is 0. The molecule has 0 aliphatic heterocycles. The average Bonchev–Trinajstić information content (AvgIpc) is 2.57. The van der Waals surface area contributed by atoms with E-state index in [-0.39, 0.29) is 37.2 Å². The summed E-state index contributed by atoms with van der Waals surface area (Å²) in [5.74, 6) is -0.472. The van der Waals surface area contributed by atoms with Crippen LogP contribution in [0.5, 0.6) is 0 Å². The average molecular weight is 401 g/mol. The molecule has 0 spiro atoms. The molecule has 0 heterocycles. The number of rotatable bonds is 12. The lowest BCUT2D eigenvalue weighted by atomic mass is 10.1. The second kappa shape index (κ2) is 13.4. The van der Waals surface area contributed by atoms with Gasteiger partial charge >= 0.3 is 5.97 Å². The fourth-order valence-electron chi connectivity index (χ4n) is 1.84. The van der Waals surface area contributed by atoms with Crippen LogP contribution in [-0.4, -0.2) is 39.1 Å². The molecule has 0 aliphatic rings. The molecule has 0 bridgehead atoms. The van der Waals surface area contributed by atoms with E-state index in [4.69, 9.17) is 4.74 Å². The topological polar surface area (TPSA) is 84.8 Å². The SMILES string of the molecule is C=CCS(=O)(=O)NC(=NCCOC(=O)C/C(=C/C)SC=C)C(C)/C=C\C. The summed E-state index contributed by atoms with van der Waals surface area (Å²) in [7, 11) is -3.53. The van der Waals surface area contributed by atoms with Crippen LogP contribution in [0.3, 0.4) is 0 Å². The quantitative estimate of drug-likeness (QED) is 0.178. The number of nitrogens with zero attached hydrogens (tertiary/aromatic N) is 1. The second-order valence-corrected chi connectivity index (χ2v) is 8.05. The number of amidine groups is 1. The van der Waals surface area contributed by atoms with Crippen LogP contribution >= 0.6 is 11.8 Å². The highest BCUT2D eigenvalue weighted by atomic mass is 32.2. The number of thioether (sulfide) groups is 1. The monoisotopic (exact) mass is 400 g/mol. The molecule has 0 radical (unpaired) electrons. The highest BCUT2D eigenvalue weighted by Crippen LogP contribution is 2.20. The van der Waals surface area contributed by atoms with Crippen molar-refractivity contribution in [3.05, 3.63) is 47.8 Å². The predicted molar refractivity (Wildman–Crippen MR) is 111 cm³/mol. The van der Waals surface area contributed by atoms with Gasteiger partial charge in [-0.05, 0) is 24.2 Å². The Morgan fingerprint density at radius 1 is 1.35 bits per heavy atom. The van der Waals surface area contributed by atoms with E-state index in [0.717, 1.165) is 4.91 Å². The van der Waals surface area contributed by atoms with Gasteiger partial charge in [-0.15, -0.1) is 18.3 Å². The van der Waals surface area contributed by atoms with Crippen LogP contribution < -0.4 is 4.72 Å². The summed E-state index contributed by atoms with van der Waals surface area (Å²) in [6.07, 6.45) is 6.95. The highest BCUT2D eigenvalue weighted by molar-refractivity contribution is 8.05. The van der Waals surface area contributed by atoms with Gasteiger partial charge in [0, 0.05) is 5.92 Å². The van der Waals surface area contributed by atoms with Gasteiger partial charge in [0.05, 0.1) is 18.7 Å². The number of ether oxygens (including phenoxy) is 1. The molecule has 146 valence electrons. The van der Waals surface area contributed by atoms with E-state index in [2.05, 4.69) is 22.9 Å². The van der Waals surface area contributed by atoms with Crippen molar-refractivity contribution in [1.29, 1.82) is 0 Å². The lowest BCUT2D eigenvalue weighted by Gasteiger charge is -2.14. The molecule has 0 amide bonds. The molecule has 1 N–H and O–H groups in total. The molecule has 26 heavy (non-hydrogen) atoms. The van der Waals surface area contributed by atoms with Crippen LogP contribution in [0, 0.1) is 5.92 Å². The smallest absolute Gasteiger partial charge is 0.310 e. The van der Waals surface area contributed by atoms with Crippen LogP contribution in [0.15, 0.2) is 52.8 Å². The normalized spacial score (nSPS) is 14.1. The van der Waals surface area contributed by atoms with Crippen LogP contribution in [-0.2, 0) is 19.6 Å². The minimum Gasteiger partial charge on any atom is -0.463 e. The van der Waals surface area contributed by atoms with Crippen molar-refractivity contribution in [2.45, 2.75) is 27.2 Å². The van der Waals surface area contributed by atoms with Gasteiger partial charge < -0.3 is 4.74 Å². The van der Waals surface area contributed by atoms with Crippen LogP contribution in [0.25, 0.3) is 0 Å². The third-order valence-electron chi connectivity index (χ3n) is 3.02. The van der Waals surface area contributed by atoms with E-state index in [1.165, 1.54) is 17.8 Å². The summed E-state index contributed by atoms with van der Waals surface area (Å²) < 4.78 is 31.4. The zero-order valence-corrected chi connectivity index (χ0v) is 17.2. The first-order chi connectivity index (χ1) is 12.3.